The maximum absolute atomic E-state index is 13.5. The summed E-state index contributed by atoms with van der Waals surface area (Å²) < 4.78 is 26.5. The van der Waals surface area contributed by atoms with E-state index in [-0.39, 0.29) is 11.4 Å². The lowest BCUT2D eigenvalue weighted by Gasteiger charge is -2.08. The summed E-state index contributed by atoms with van der Waals surface area (Å²) in [5, 5.41) is 2.93. The second-order valence-electron chi connectivity index (χ2n) is 4.70. The Morgan fingerprint density at radius 2 is 1.95 bits per heavy atom. The van der Waals surface area contributed by atoms with E-state index < -0.39 is 11.7 Å². The second kappa shape index (κ2) is 6.68. The van der Waals surface area contributed by atoms with Gasteiger partial charge in [-0.05, 0) is 54.8 Å². The van der Waals surface area contributed by atoms with Gasteiger partial charge in [-0.15, -0.1) is 0 Å². The maximum atomic E-state index is 13.5. The van der Waals surface area contributed by atoms with Crippen LogP contribution in [0.5, 0.6) is 0 Å². The predicted molar refractivity (Wildman–Crippen MR) is 78.6 cm³/mol. The van der Waals surface area contributed by atoms with Crippen molar-refractivity contribution in [1.29, 1.82) is 0 Å². The molecule has 0 heterocycles. The van der Waals surface area contributed by atoms with Crippen molar-refractivity contribution < 1.29 is 13.6 Å². The second-order valence-corrected chi connectivity index (χ2v) is 5.14. The fourth-order valence-electron chi connectivity index (χ4n) is 2.02. The van der Waals surface area contributed by atoms with Crippen molar-refractivity contribution in [1.82, 2.24) is 5.32 Å². The Labute approximate surface area is 126 Å². The van der Waals surface area contributed by atoms with Gasteiger partial charge in [0.2, 0.25) is 0 Å². The van der Waals surface area contributed by atoms with Gasteiger partial charge >= 0.3 is 0 Å². The minimum atomic E-state index is -0.616. The van der Waals surface area contributed by atoms with Gasteiger partial charge < -0.3 is 5.32 Å². The number of rotatable bonds is 4. The normalized spacial score (nSPS) is 10.5. The van der Waals surface area contributed by atoms with E-state index in [1.807, 2.05) is 0 Å². The molecular formula is C16H14ClF2NO. The number of halogens is 3. The highest BCUT2D eigenvalue weighted by atomic mass is 35.5. The van der Waals surface area contributed by atoms with Crippen molar-refractivity contribution in [2.24, 2.45) is 0 Å². The maximum Gasteiger partial charge on any atom is 0.254 e. The van der Waals surface area contributed by atoms with Crippen LogP contribution in [0, 0.1) is 18.6 Å². The zero-order valence-corrected chi connectivity index (χ0v) is 12.2. The Hall–Kier alpha value is -1.94. The van der Waals surface area contributed by atoms with Gasteiger partial charge in [0.25, 0.3) is 5.91 Å². The third-order valence-electron chi connectivity index (χ3n) is 3.16. The van der Waals surface area contributed by atoms with E-state index in [2.05, 4.69) is 5.32 Å². The Kier molecular flexibility index (Phi) is 4.91. The Bertz CT molecular complexity index is 673. The molecule has 110 valence electrons. The lowest BCUT2D eigenvalue weighted by Crippen LogP contribution is -2.26. The van der Waals surface area contributed by atoms with Crippen molar-refractivity contribution in [3.8, 4) is 0 Å². The summed E-state index contributed by atoms with van der Waals surface area (Å²) >= 11 is 5.74. The highest BCUT2D eigenvalue weighted by Crippen LogP contribution is 2.15. The first kappa shape index (κ1) is 15.4. The number of hydrogen-bond donors (Lipinski definition) is 1. The molecule has 0 aliphatic rings. The number of aryl methyl sites for hydroxylation is 1. The van der Waals surface area contributed by atoms with Crippen molar-refractivity contribution in [2.75, 3.05) is 6.54 Å². The lowest BCUT2D eigenvalue weighted by atomic mass is 10.1. The minimum absolute atomic E-state index is 0.0849. The molecule has 0 saturated heterocycles. The number of carbonyl (C=O) groups is 1. The van der Waals surface area contributed by atoms with E-state index in [9.17, 15) is 13.6 Å². The number of nitrogens with one attached hydrogen (secondary N) is 1. The van der Waals surface area contributed by atoms with Gasteiger partial charge in [-0.2, -0.15) is 0 Å². The van der Waals surface area contributed by atoms with Crippen LogP contribution in [-0.4, -0.2) is 12.5 Å². The summed E-state index contributed by atoms with van der Waals surface area (Å²) in [6.07, 6.45) is 0.542. The zero-order valence-electron chi connectivity index (χ0n) is 11.4. The standard InChI is InChI=1S/C16H14ClF2NO/c1-10-8-13(18)4-2-11(10)6-7-20-16(21)14-9-12(17)3-5-15(14)19/h2-5,8-9H,6-7H2,1H3,(H,20,21). The van der Waals surface area contributed by atoms with Crippen LogP contribution in [0.15, 0.2) is 36.4 Å². The predicted octanol–water partition coefficient (Wildman–Crippen LogP) is 3.90. The van der Waals surface area contributed by atoms with Crippen LogP contribution in [-0.2, 0) is 6.42 Å². The van der Waals surface area contributed by atoms with Gasteiger partial charge in [0.15, 0.2) is 0 Å². The summed E-state index contributed by atoms with van der Waals surface area (Å²) in [7, 11) is 0. The average Bonchev–Trinajstić information content (AvgIpc) is 2.43. The average molecular weight is 310 g/mol. The number of hydrogen-bond acceptors (Lipinski definition) is 1. The molecule has 1 N–H and O–H groups in total. The third-order valence-corrected chi connectivity index (χ3v) is 3.39. The van der Waals surface area contributed by atoms with Gasteiger partial charge in [0, 0.05) is 11.6 Å². The van der Waals surface area contributed by atoms with E-state index >= 15 is 0 Å². The number of carbonyl (C=O) groups excluding carboxylic acids is 1. The van der Waals surface area contributed by atoms with Gasteiger partial charge in [-0.25, -0.2) is 8.78 Å². The summed E-state index contributed by atoms with van der Waals surface area (Å²) in [5.41, 5.74) is 1.67. The summed E-state index contributed by atoms with van der Waals surface area (Å²) in [6, 6.07) is 8.32. The molecular weight excluding hydrogens is 296 g/mol. The molecule has 2 aromatic rings. The first-order valence-electron chi connectivity index (χ1n) is 6.45. The summed E-state index contributed by atoms with van der Waals surface area (Å²) in [6.45, 7) is 2.13. The third kappa shape index (κ3) is 4.02. The van der Waals surface area contributed by atoms with Gasteiger partial charge in [0.05, 0.1) is 5.56 Å². The first-order valence-corrected chi connectivity index (χ1v) is 6.83. The molecule has 0 saturated carbocycles. The Morgan fingerprint density at radius 1 is 1.19 bits per heavy atom. The number of benzene rings is 2. The van der Waals surface area contributed by atoms with Crippen LogP contribution in [0.4, 0.5) is 8.78 Å². The molecule has 0 aliphatic heterocycles. The van der Waals surface area contributed by atoms with E-state index in [1.54, 1.807) is 13.0 Å². The molecule has 5 heteroatoms. The topological polar surface area (TPSA) is 29.1 Å². The molecule has 0 atom stereocenters. The smallest absolute Gasteiger partial charge is 0.254 e. The van der Waals surface area contributed by atoms with Crippen molar-refractivity contribution in [2.45, 2.75) is 13.3 Å². The highest BCUT2D eigenvalue weighted by molar-refractivity contribution is 6.30. The SMILES string of the molecule is Cc1cc(F)ccc1CCNC(=O)c1cc(Cl)ccc1F. The monoisotopic (exact) mass is 309 g/mol. The van der Waals surface area contributed by atoms with E-state index in [0.717, 1.165) is 17.2 Å². The molecule has 2 aromatic carbocycles. The van der Waals surface area contributed by atoms with Crippen LogP contribution in [0.3, 0.4) is 0 Å². The van der Waals surface area contributed by atoms with Crippen LogP contribution >= 0.6 is 11.6 Å². The lowest BCUT2D eigenvalue weighted by molar-refractivity contribution is 0.0950. The molecule has 0 aromatic heterocycles. The molecule has 2 nitrogen and oxygen atoms in total. The van der Waals surface area contributed by atoms with Crippen molar-refractivity contribution >= 4 is 17.5 Å². The van der Waals surface area contributed by atoms with Gasteiger partial charge in [-0.3, -0.25) is 4.79 Å². The zero-order chi connectivity index (χ0) is 15.4. The Morgan fingerprint density at radius 3 is 2.67 bits per heavy atom. The molecule has 0 bridgehead atoms. The van der Waals surface area contributed by atoms with Crippen molar-refractivity contribution in [3.05, 3.63) is 69.7 Å². The molecule has 21 heavy (non-hydrogen) atoms. The van der Waals surface area contributed by atoms with Gasteiger partial charge in [0.1, 0.15) is 11.6 Å². The molecule has 2 rings (SSSR count). The Balaban J connectivity index is 1.97. The largest absolute Gasteiger partial charge is 0.352 e. The summed E-state index contributed by atoms with van der Waals surface area (Å²) in [4.78, 5) is 11.9. The molecule has 0 spiro atoms. The van der Waals surface area contributed by atoms with Crippen LogP contribution < -0.4 is 5.32 Å². The van der Waals surface area contributed by atoms with E-state index in [1.165, 1.54) is 24.3 Å². The molecule has 1 amide bonds. The molecule has 0 aliphatic carbocycles. The first-order chi connectivity index (χ1) is 9.97. The van der Waals surface area contributed by atoms with Crippen LogP contribution in [0.2, 0.25) is 5.02 Å². The van der Waals surface area contributed by atoms with E-state index in [0.29, 0.717) is 18.0 Å². The molecule has 0 unspecified atom stereocenters. The van der Waals surface area contributed by atoms with E-state index in [4.69, 9.17) is 11.6 Å². The molecule has 0 fully saturated rings. The quantitative estimate of drug-likeness (QED) is 0.912. The van der Waals surface area contributed by atoms with Gasteiger partial charge in [-0.1, -0.05) is 17.7 Å². The highest BCUT2D eigenvalue weighted by Gasteiger charge is 2.11. The summed E-state index contributed by atoms with van der Waals surface area (Å²) in [5.74, 6) is -1.43. The minimum Gasteiger partial charge on any atom is -0.352 e. The molecule has 0 radical (unpaired) electrons. The van der Waals surface area contributed by atoms with Crippen LogP contribution in [0.1, 0.15) is 21.5 Å². The van der Waals surface area contributed by atoms with Crippen molar-refractivity contribution in [3.63, 3.8) is 0 Å². The number of amides is 1. The van der Waals surface area contributed by atoms with Crippen LogP contribution in [0.25, 0.3) is 0 Å². The fraction of sp³-hybridized carbons (Fsp3) is 0.188. The fourth-order valence-corrected chi connectivity index (χ4v) is 2.19.